The van der Waals surface area contributed by atoms with Gasteiger partial charge < -0.3 is 24.6 Å². The van der Waals surface area contributed by atoms with Crippen LogP contribution in [-0.2, 0) is 26.9 Å². The Morgan fingerprint density at radius 3 is 2.18 bits per heavy atom. The monoisotopic (exact) mass is 465 g/mol. The second kappa shape index (κ2) is 7.05. The van der Waals surface area contributed by atoms with Crippen molar-refractivity contribution in [3.63, 3.8) is 0 Å². The highest BCUT2D eigenvalue weighted by Gasteiger charge is 2.60. The number of carbonyl (C=O) groups is 1. The molecule has 8 nitrogen and oxygen atoms in total. The zero-order chi connectivity index (χ0) is 24.5. The highest BCUT2D eigenvalue weighted by molar-refractivity contribution is 5.70. The molecule has 2 aliphatic rings. The van der Waals surface area contributed by atoms with E-state index < -0.39 is 46.4 Å². The zero-order valence-corrected chi connectivity index (χ0v) is 18.3. The quantitative estimate of drug-likeness (QED) is 0.692. The number of rotatable bonds is 2. The van der Waals surface area contributed by atoms with E-state index in [1.54, 1.807) is 27.7 Å². The minimum Gasteiger partial charge on any atom is -0.494 e. The van der Waals surface area contributed by atoms with Crippen LogP contribution in [0.1, 0.15) is 49.9 Å². The van der Waals surface area contributed by atoms with Crippen LogP contribution in [-0.4, -0.2) is 45.0 Å². The van der Waals surface area contributed by atoms with Crippen LogP contribution in [0, 0.1) is 11.3 Å². The molecule has 1 aromatic carbocycles. The van der Waals surface area contributed by atoms with E-state index in [-0.39, 0.29) is 36.0 Å². The Balaban J connectivity index is 1.84. The van der Waals surface area contributed by atoms with E-state index in [1.807, 2.05) is 0 Å². The van der Waals surface area contributed by atoms with Gasteiger partial charge in [-0.2, -0.15) is 18.4 Å². The average molecular weight is 465 g/mol. The molecule has 3 heterocycles. The molecule has 33 heavy (non-hydrogen) atoms. The highest BCUT2D eigenvalue weighted by Crippen LogP contribution is 2.59. The number of benzene rings is 1. The third-order valence-corrected chi connectivity index (χ3v) is 5.90. The summed E-state index contributed by atoms with van der Waals surface area (Å²) in [6, 6.07) is 4.38. The summed E-state index contributed by atoms with van der Waals surface area (Å²) in [7, 11) is 0. The number of aromatic hydroxyl groups is 2. The lowest BCUT2D eigenvalue weighted by Crippen LogP contribution is -2.54. The van der Waals surface area contributed by atoms with Crippen LogP contribution < -0.4 is 0 Å². The molecule has 2 atom stereocenters. The largest absolute Gasteiger partial charge is 0.494 e. The van der Waals surface area contributed by atoms with Crippen LogP contribution in [0.3, 0.4) is 0 Å². The Morgan fingerprint density at radius 2 is 1.73 bits per heavy atom. The Kier molecular flexibility index (Phi) is 4.87. The maximum Gasteiger partial charge on any atom is 0.417 e. The van der Waals surface area contributed by atoms with Gasteiger partial charge in [-0.3, -0.25) is 4.57 Å². The fraction of sp³-hybridized carbons (Fsp3) is 0.455. The van der Waals surface area contributed by atoms with E-state index in [2.05, 4.69) is 0 Å². The first-order chi connectivity index (χ1) is 15.2. The number of halogens is 3. The average Bonchev–Trinajstić information content (AvgIpc) is 3.06. The van der Waals surface area contributed by atoms with E-state index in [4.69, 9.17) is 14.7 Å². The summed E-state index contributed by atoms with van der Waals surface area (Å²) in [5.41, 5.74) is -4.07. The van der Waals surface area contributed by atoms with Gasteiger partial charge in [0.15, 0.2) is 0 Å². The molecular weight excluding hydrogens is 443 g/mol. The van der Waals surface area contributed by atoms with Gasteiger partial charge in [0.25, 0.3) is 0 Å². The Hall–Kier alpha value is -3.39. The molecule has 1 fully saturated rings. The van der Waals surface area contributed by atoms with Crippen LogP contribution in [0.25, 0.3) is 5.69 Å². The number of nitriles is 1. The van der Waals surface area contributed by atoms with Crippen molar-refractivity contribution in [1.29, 1.82) is 5.26 Å². The lowest BCUT2D eigenvalue weighted by Gasteiger charge is -2.43. The molecule has 2 N–H and O–H groups in total. The number of alkyl halides is 3. The van der Waals surface area contributed by atoms with Crippen molar-refractivity contribution in [3.05, 3.63) is 40.5 Å². The fourth-order valence-corrected chi connectivity index (χ4v) is 4.81. The van der Waals surface area contributed by atoms with Gasteiger partial charge in [-0.25, -0.2) is 4.79 Å². The first kappa shape index (κ1) is 22.8. The number of aromatic nitrogens is 1. The van der Waals surface area contributed by atoms with Gasteiger partial charge in [0.2, 0.25) is 11.8 Å². The normalized spacial score (nSPS) is 24.0. The van der Waals surface area contributed by atoms with Gasteiger partial charge >= 0.3 is 12.3 Å². The van der Waals surface area contributed by atoms with Crippen molar-refractivity contribution in [3.8, 4) is 23.5 Å². The van der Waals surface area contributed by atoms with Crippen LogP contribution in [0.15, 0.2) is 18.2 Å². The van der Waals surface area contributed by atoms with Gasteiger partial charge in [-0.1, -0.05) is 0 Å². The number of carbonyl (C=O) groups excluding carboxylic acids is 1. The molecule has 0 spiro atoms. The lowest BCUT2D eigenvalue weighted by molar-refractivity contribution is -0.180. The van der Waals surface area contributed by atoms with E-state index in [0.29, 0.717) is 6.07 Å². The fourth-order valence-electron chi connectivity index (χ4n) is 4.81. The van der Waals surface area contributed by atoms with Crippen LogP contribution in [0.2, 0.25) is 0 Å². The predicted octanol–water partition coefficient (Wildman–Crippen LogP) is 4.10. The summed E-state index contributed by atoms with van der Waals surface area (Å²) in [5, 5.41) is 31.1. The SMILES string of the molecule is CC(C)OC(=O)N1CC2(C)OC(C)(C1)c1c2c(O)n(-c2ccc(C#N)c(C(F)(F)F)c2)c1O. The molecule has 1 amide bonds. The second-order valence-electron chi connectivity index (χ2n) is 8.92. The number of nitrogens with zero attached hydrogens (tertiary/aromatic N) is 3. The van der Waals surface area contributed by atoms with Gasteiger partial charge in [0.1, 0.15) is 11.2 Å². The van der Waals surface area contributed by atoms with Crippen molar-refractivity contribution >= 4 is 6.09 Å². The minimum absolute atomic E-state index is 0.000667. The van der Waals surface area contributed by atoms with Gasteiger partial charge in [0.05, 0.1) is 53.2 Å². The van der Waals surface area contributed by atoms with E-state index in [9.17, 15) is 28.2 Å². The molecule has 2 aromatic rings. The molecular formula is C22H22F3N3O5. The summed E-state index contributed by atoms with van der Waals surface area (Å²) >= 11 is 0. The van der Waals surface area contributed by atoms with Crippen LogP contribution >= 0.6 is 0 Å². The summed E-state index contributed by atoms with van der Waals surface area (Å²) < 4.78 is 52.7. The van der Waals surface area contributed by atoms with Crippen molar-refractivity contribution in [1.82, 2.24) is 9.47 Å². The molecule has 0 radical (unpaired) electrons. The maximum atomic E-state index is 13.5. The molecule has 4 rings (SSSR count). The molecule has 2 bridgehead atoms. The zero-order valence-electron chi connectivity index (χ0n) is 18.3. The number of hydrogen-bond donors (Lipinski definition) is 2. The molecule has 1 aromatic heterocycles. The summed E-state index contributed by atoms with van der Waals surface area (Å²) in [6.07, 6.45) is -5.74. The van der Waals surface area contributed by atoms with E-state index >= 15 is 0 Å². The van der Waals surface area contributed by atoms with Gasteiger partial charge in [-0.05, 0) is 45.9 Å². The van der Waals surface area contributed by atoms with Crippen molar-refractivity contribution in [2.24, 2.45) is 0 Å². The molecule has 176 valence electrons. The van der Waals surface area contributed by atoms with Crippen molar-refractivity contribution < 1.29 is 37.7 Å². The van der Waals surface area contributed by atoms with E-state index in [1.165, 1.54) is 17.0 Å². The van der Waals surface area contributed by atoms with Crippen LogP contribution in [0.4, 0.5) is 18.0 Å². The first-order valence-electron chi connectivity index (χ1n) is 10.2. The molecule has 11 heteroatoms. The minimum atomic E-state index is -4.81. The molecule has 2 unspecified atom stereocenters. The second-order valence-corrected chi connectivity index (χ2v) is 8.92. The number of amides is 1. The Bertz CT molecular complexity index is 1160. The smallest absolute Gasteiger partial charge is 0.417 e. The number of ether oxygens (including phenoxy) is 2. The third-order valence-electron chi connectivity index (χ3n) is 5.90. The summed E-state index contributed by atoms with van der Waals surface area (Å²) in [6.45, 7) is 6.65. The molecule has 0 aliphatic carbocycles. The lowest BCUT2D eigenvalue weighted by atomic mass is 9.94. The standard InChI is InChI=1S/C22H22F3N3O5/c1-11(2)32-19(31)27-9-20(3)15-16(21(4,10-27)33-20)18(30)28(17(15)29)13-6-5-12(8-26)14(7-13)22(23,24)25/h5-7,11,29-30H,9-10H2,1-4H3. The molecule has 0 saturated carbocycles. The number of hydrogen-bond acceptors (Lipinski definition) is 6. The topological polar surface area (TPSA) is 108 Å². The van der Waals surface area contributed by atoms with Crippen molar-refractivity contribution in [2.75, 3.05) is 13.1 Å². The van der Waals surface area contributed by atoms with Crippen LogP contribution in [0.5, 0.6) is 11.8 Å². The molecule has 2 aliphatic heterocycles. The van der Waals surface area contributed by atoms with Gasteiger partial charge in [-0.15, -0.1) is 0 Å². The van der Waals surface area contributed by atoms with Gasteiger partial charge in [0, 0.05) is 0 Å². The van der Waals surface area contributed by atoms with E-state index in [0.717, 1.165) is 10.6 Å². The summed E-state index contributed by atoms with van der Waals surface area (Å²) in [4.78, 5) is 13.9. The maximum absolute atomic E-state index is 13.5. The summed E-state index contributed by atoms with van der Waals surface area (Å²) in [5.74, 6) is -1.02. The third kappa shape index (κ3) is 3.36. The van der Waals surface area contributed by atoms with Crippen molar-refractivity contribution in [2.45, 2.75) is 51.2 Å². The first-order valence-corrected chi connectivity index (χ1v) is 10.2. The highest BCUT2D eigenvalue weighted by atomic mass is 19.4. The number of fused-ring (bicyclic) bond motifs is 5. The Labute approximate surface area is 187 Å². The Morgan fingerprint density at radius 1 is 1.18 bits per heavy atom. The number of morpholine rings is 1. The predicted molar refractivity (Wildman–Crippen MR) is 108 cm³/mol. The molecule has 1 saturated heterocycles.